The molecule has 0 spiro atoms. The summed E-state index contributed by atoms with van der Waals surface area (Å²) >= 11 is 5.76. The van der Waals surface area contributed by atoms with Crippen LogP contribution < -0.4 is 5.73 Å². The molecule has 1 rings (SSSR count). The summed E-state index contributed by atoms with van der Waals surface area (Å²) < 4.78 is 0. The lowest BCUT2D eigenvalue weighted by Crippen LogP contribution is -2.11. The SMILES string of the molecule is Nc1ccc(Cl)cc1C(CO)CO. The summed E-state index contributed by atoms with van der Waals surface area (Å²) in [6, 6.07) is 5.00. The summed E-state index contributed by atoms with van der Waals surface area (Å²) in [6.07, 6.45) is 0. The van der Waals surface area contributed by atoms with Crippen molar-refractivity contribution in [3.8, 4) is 0 Å². The first-order valence-corrected chi connectivity index (χ1v) is 4.33. The summed E-state index contributed by atoms with van der Waals surface area (Å²) in [6.45, 7) is -0.276. The van der Waals surface area contributed by atoms with Gasteiger partial charge in [-0.15, -0.1) is 0 Å². The number of anilines is 1. The van der Waals surface area contributed by atoms with Gasteiger partial charge in [0.25, 0.3) is 0 Å². The fraction of sp³-hybridized carbons (Fsp3) is 0.333. The van der Waals surface area contributed by atoms with Crippen LogP contribution >= 0.6 is 11.6 Å². The average Bonchev–Trinajstić information content (AvgIpc) is 2.13. The molecular weight excluding hydrogens is 190 g/mol. The lowest BCUT2D eigenvalue weighted by atomic mass is 9.99. The van der Waals surface area contributed by atoms with Gasteiger partial charge in [0.15, 0.2) is 0 Å². The zero-order valence-corrected chi connectivity index (χ0v) is 7.83. The number of hydrogen-bond donors (Lipinski definition) is 3. The molecule has 1 aromatic carbocycles. The van der Waals surface area contributed by atoms with Gasteiger partial charge < -0.3 is 15.9 Å². The molecule has 0 aliphatic heterocycles. The van der Waals surface area contributed by atoms with Crippen molar-refractivity contribution in [1.29, 1.82) is 0 Å². The second-order valence-corrected chi connectivity index (χ2v) is 3.27. The van der Waals surface area contributed by atoms with Gasteiger partial charge in [-0.1, -0.05) is 11.6 Å². The predicted molar refractivity (Wildman–Crippen MR) is 52.8 cm³/mol. The molecule has 0 bridgehead atoms. The Morgan fingerprint density at radius 1 is 1.31 bits per heavy atom. The van der Waals surface area contributed by atoms with E-state index < -0.39 is 0 Å². The fourth-order valence-electron chi connectivity index (χ4n) is 1.15. The van der Waals surface area contributed by atoms with E-state index in [1.807, 2.05) is 0 Å². The van der Waals surface area contributed by atoms with Gasteiger partial charge in [0.1, 0.15) is 0 Å². The molecule has 0 aromatic heterocycles. The molecule has 3 nitrogen and oxygen atoms in total. The third-order valence-corrected chi connectivity index (χ3v) is 2.16. The molecule has 0 unspecified atom stereocenters. The second-order valence-electron chi connectivity index (χ2n) is 2.84. The van der Waals surface area contributed by atoms with Crippen molar-refractivity contribution in [3.05, 3.63) is 28.8 Å². The fourth-order valence-corrected chi connectivity index (χ4v) is 1.33. The van der Waals surface area contributed by atoms with Crippen LogP contribution in [-0.2, 0) is 0 Å². The Hall–Kier alpha value is -0.770. The van der Waals surface area contributed by atoms with Crippen molar-refractivity contribution >= 4 is 17.3 Å². The quantitative estimate of drug-likeness (QED) is 0.639. The van der Waals surface area contributed by atoms with Crippen LogP contribution in [0.3, 0.4) is 0 Å². The van der Waals surface area contributed by atoms with Crippen molar-refractivity contribution in [2.75, 3.05) is 18.9 Å². The van der Waals surface area contributed by atoms with Crippen LogP contribution in [-0.4, -0.2) is 23.4 Å². The maximum atomic E-state index is 8.94. The van der Waals surface area contributed by atoms with Gasteiger partial charge in [-0.05, 0) is 23.8 Å². The number of hydrogen-bond acceptors (Lipinski definition) is 3. The van der Waals surface area contributed by atoms with Crippen molar-refractivity contribution < 1.29 is 10.2 Å². The van der Waals surface area contributed by atoms with E-state index in [0.717, 1.165) is 0 Å². The van der Waals surface area contributed by atoms with Crippen molar-refractivity contribution in [1.82, 2.24) is 0 Å². The first kappa shape index (κ1) is 10.3. The van der Waals surface area contributed by atoms with E-state index in [-0.39, 0.29) is 19.1 Å². The van der Waals surface area contributed by atoms with Crippen LogP contribution in [0.2, 0.25) is 5.02 Å². The monoisotopic (exact) mass is 201 g/mol. The van der Waals surface area contributed by atoms with Gasteiger partial charge >= 0.3 is 0 Å². The smallest absolute Gasteiger partial charge is 0.0522 e. The molecule has 0 aliphatic carbocycles. The van der Waals surface area contributed by atoms with E-state index in [1.165, 1.54) is 0 Å². The molecule has 0 amide bonds. The van der Waals surface area contributed by atoms with Crippen LogP contribution in [0.5, 0.6) is 0 Å². The van der Waals surface area contributed by atoms with Gasteiger partial charge in [0.05, 0.1) is 13.2 Å². The first-order chi connectivity index (χ1) is 6.19. The average molecular weight is 202 g/mol. The molecule has 0 aliphatic rings. The Kier molecular flexibility index (Phi) is 3.54. The summed E-state index contributed by atoms with van der Waals surface area (Å²) in [5, 5.41) is 18.4. The Morgan fingerprint density at radius 3 is 2.46 bits per heavy atom. The Labute approximate surface area is 81.8 Å². The predicted octanol–water partition coefficient (Wildman–Crippen LogP) is 0.990. The van der Waals surface area contributed by atoms with E-state index in [0.29, 0.717) is 16.3 Å². The van der Waals surface area contributed by atoms with Gasteiger partial charge in [0.2, 0.25) is 0 Å². The van der Waals surface area contributed by atoms with E-state index >= 15 is 0 Å². The molecule has 0 fully saturated rings. The number of aliphatic hydroxyl groups excluding tert-OH is 2. The van der Waals surface area contributed by atoms with Crippen LogP contribution in [0, 0.1) is 0 Å². The summed E-state index contributed by atoms with van der Waals surface area (Å²) in [4.78, 5) is 0. The standard InChI is InChI=1S/C9H12ClNO2/c10-7-1-2-9(11)8(3-7)6(4-12)5-13/h1-3,6,12-13H,4-5,11H2. The number of aliphatic hydroxyl groups is 2. The number of halogens is 1. The molecule has 0 radical (unpaired) electrons. The lowest BCUT2D eigenvalue weighted by molar-refractivity contribution is 0.193. The molecule has 4 N–H and O–H groups in total. The highest BCUT2D eigenvalue weighted by atomic mass is 35.5. The molecule has 4 heteroatoms. The maximum Gasteiger partial charge on any atom is 0.0522 e. The zero-order chi connectivity index (χ0) is 9.84. The minimum atomic E-state index is -0.348. The Bertz CT molecular complexity index is 287. The van der Waals surface area contributed by atoms with Crippen LogP contribution in [0.15, 0.2) is 18.2 Å². The highest BCUT2D eigenvalue weighted by Gasteiger charge is 2.12. The van der Waals surface area contributed by atoms with E-state index in [2.05, 4.69) is 0 Å². The normalized spacial score (nSPS) is 10.8. The van der Waals surface area contributed by atoms with Gasteiger partial charge in [-0.25, -0.2) is 0 Å². The Morgan fingerprint density at radius 2 is 1.92 bits per heavy atom. The van der Waals surface area contributed by atoms with Crippen LogP contribution in [0.1, 0.15) is 11.5 Å². The molecule has 0 heterocycles. The van der Waals surface area contributed by atoms with Crippen LogP contribution in [0.4, 0.5) is 5.69 Å². The third-order valence-electron chi connectivity index (χ3n) is 1.93. The van der Waals surface area contributed by atoms with Crippen LogP contribution in [0.25, 0.3) is 0 Å². The van der Waals surface area contributed by atoms with Gasteiger partial charge in [-0.3, -0.25) is 0 Å². The van der Waals surface area contributed by atoms with Gasteiger partial charge in [0, 0.05) is 16.6 Å². The van der Waals surface area contributed by atoms with E-state index in [1.54, 1.807) is 18.2 Å². The summed E-state index contributed by atoms with van der Waals surface area (Å²) in [5.41, 5.74) is 6.89. The molecular formula is C9H12ClNO2. The first-order valence-electron chi connectivity index (χ1n) is 3.95. The number of nitrogen functional groups attached to an aromatic ring is 1. The van der Waals surface area contributed by atoms with Crippen molar-refractivity contribution in [2.45, 2.75) is 5.92 Å². The van der Waals surface area contributed by atoms with E-state index in [9.17, 15) is 0 Å². The molecule has 0 saturated carbocycles. The highest BCUT2D eigenvalue weighted by Crippen LogP contribution is 2.25. The number of nitrogens with two attached hydrogens (primary N) is 1. The minimum Gasteiger partial charge on any atom is -0.398 e. The van der Waals surface area contributed by atoms with E-state index in [4.69, 9.17) is 27.5 Å². The zero-order valence-electron chi connectivity index (χ0n) is 7.07. The largest absolute Gasteiger partial charge is 0.398 e. The third kappa shape index (κ3) is 2.34. The van der Waals surface area contributed by atoms with Crippen molar-refractivity contribution in [2.24, 2.45) is 0 Å². The Balaban J connectivity index is 3.03. The molecule has 13 heavy (non-hydrogen) atoms. The number of rotatable bonds is 3. The van der Waals surface area contributed by atoms with Gasteiger partial charge in [-0.2, -0.15) is 0 Å². The molecule has 0 atom stereocenters. The molecule has 0 saturated heterocycles. The maximum absolute atomic E-state index is 8.94. The number of benzene rings is 1. The summed E-state index contributed by atoms with van der Waals surface area (Å²) in [5.74, 6) is -0.348. The summed E-state index contributed by atoms with van der Waals surface area (Å²) in [7, 11) is 0. The molecule has 72 valence electrons. The minimum absolute atomic E-state index is 0.138. The lowest BCUT2D eigenvalue weighted by Gasteiger charge is -2.13. The topological polar surface area (TPSA) is 66.5 Å². The second kappa shape index (κ2) is 4.46. The highest BCUT2D eigenvalue weighted by molar-refractivity contribution is 6.30. The van der Waals surface area contributed by atoms with Crippen molar-refractivity contribution in [3.63, 3.8) is 0 Å². The molecule has 1 aromatic rings.